The fraction of sp³-hybridized carbons (Fsp3) is 0.200. The van der Waals surface area contributed by atoms with Gasteiger partial charge in [-0.15, -0.1) is 0 Å². The first-order chi connectivity index (χ1) is 22.6. The number of fused-ring (bicyclic) bond motifs is 3. The molecule has 0 saturated carbocycles. The van der Waals surface area contributed by atoms with E-state index < -0.39 is 0 Å². The van der Waals surface area contributed by atoms with Gasteiger partial charge < -0.3 is 9.47 Å². The van der Waals surface area contributed by atoms with Crippen molar-refractivity contribution in [3.63, 3.8) is 0 Å². The lowest BCUT2D eigenvalue weighted by Gasteiger charge is -2.55. The van der Waals surface area contributed by atoms with Crippen molar-refractivity contribution in [2.24, 2.45) is 0 Å². The van der Waals surface area contributed by atoms with Gasteiger partial charge in [0, 0.05) is 32.7 Å². The van der Waals surface area contributed by atoms with Crippen LogP contribution in [-0.4, -0.2) is 4.57 Å². The summed E-state index contributed by atoms with van der Waals surface area (Å²) in [6.07, 6.45) is 0. The van der Waals surface area contributed by atoms with E-state index in [1.807, 2.05) is 0 Å². The van der Waals surface area contributed by atoms with Crippen molar-refractivity contribution >= 4 is 38.9 Å². The maximum atomic E-state index is 2.65. The number of aromatic nitrogens is 1. The van der Waals surface area contributed by atoms with Crippen LogP contribution in [0.15, 0.2) is 121 Å². The van der Waals surface area contributed by atoms with Crippen LogP contribution in [0, 0.1) is 0 Å². The minimum atomic E-state index is -0.161. The molecule has 0 amide bonds. The molecule has 2 nitrogen and oxygen atoms in total. The van der Waals surface area contributed by atoms with Gasteiger partial charge in [-0.2, -0.15) is 0 Å². The molecule has 0 aliphatic carbocycles. The summed E-state index contributed by atoms with van der Waals surface area (Å²) >= 11 is 0. The van der Waals surface area contributed by atoms with E-state index in [9.17, 15) is 0 Å². The molecule has 4 heterocycles. The van der Waals surface area contributed by atoms with Gasteiger partial charge in [-0.3, -0.25) is 0 Å². The van der Waals surface area contributed by atoms with Gasteiger partial charge in [0.15, 0.2) is 0 Å². The van der Waals surface area contributed by atoms with Crippen molar-refractivity contribution in [1.29, 1.82) is 0 Å². The summed E-state index contributed by atoms with van der Waals surface area (Å²) in [6, 6.07) is 45.7. The largest absolute Gasteiger partial charge is 0.309 e. The van der Waals surface area contributed by atoms with Crippen LogP contribution >= 0.6 is 0 Å². The van der Waals surface area contributed by atoms with E-state index in [0.29, 0.717) is 0 Å². The van der Waals surface area contributed by atoms with Gasteiger partial charge in [-0.25, -0.2) is 0 Å². The van der Waals surface area contributed by atoms with E-state index in [0.717, 1.165) is 0 Å². The number of nitrogens with zero attached hydrogens (tertiary/aromatic N) is 2. The lowest BCUT2D eigenvalue weighted by Crippen LogP contribution is -2.43. The molecule has 0 fully saturated rings. The van der Waals surface area contributed by atoms with Gasteiger partial charge in [-0.1, -0.05) is 120 Å². The Kier molecular flexibility index (Phi) is 4.97. The highest BCUT2D eigenvalue weighted by Gasteiger charge is 2.51. The molecule has 0 N–H and O–H groups in total. The Bertz CT molecular complexity index is 2400. The zero-order valence-corrected chi connectivity index (χ0v) is 27.9. The predicted octanol–water partition coefficient (Wildman–Crippen LogP) is 11.8. The summed E-state index contributed by atoms with van der Waals surface area (Å²) in [5, 5.41) is 2.57. The van der Waals surface area contributed by atoms with Crippen molar-refractivity contribution < 1.29 is 0 Å². The average molecular weight is 607 g/mol. The van der Waals surface area contributed by atoms with Crippen LogP contribution in [0.3, 0.4) is 0 Å². The smallest absolute Gasteiger partial charge is 0.0544 e. The molecule has 47 heavy (non-hydrogen) atoms. The summed E-state index contributed by atoms with van der Waals surface area (Å²) in [5.41, 5.74) is 18.5. The molecule has 3 aliphatic heterocycles. The summed E-state index contributed by atoms with van der Waals surface area (Å²) < 4.78 is 2.40. The number of benzene rings is 6. The molecule has 6 aromatic carbocycles. The Morgan fingerprint density at radius 2 is 0.872 bits per heavy atom. The number of hydrogen-bond acceptors (Lipinski definition) is 1. The van der Waals surface area contributed by atoms with E-state index in [1.54, 1.807) is 0 Å². The molecule has 7 aromatic rings. The molecular weight excluding hydrogens is 569 g/mol. The molecule has 10 rings (SSSR count). The van der Waals surface area contributed by atoms with Crippen LogP contribution in [0.5, 0.6) is 0 Å². The van der Waals surface area contributed by atoms with Crippen molar-refractivity contribution in [2.45, 2.75) is 57.8 Å². The van der Waals surface area contributed by atoms with Gasteiger partial charge in [0.2, 0.25) is 0 Å². The normalized spacial score (nSPS) is 17.2. The van der Waals surface area contributed by atoms with Gasteiger partial charge in [0.25, 0.3) is 0 Å². The minimum Gasteiger partial charge on any atom is -0.309 e. The summed E-state index contributed by atoms with van der Waals surface area (Å²) in [4.78, 5) is 2.65. The number of anilines is 3. The molecule has 3 aliphatic rings. The van der Waals surface area contributed by atoms with Crippen LogP contribution in [-0.2, 0) is 16.2 Å². The second-order valence-electron chi connectivity index (χ2n) is 15.5. The van der Waals surface area contributed by atoms with E-state index in [-0.39, 0.29) is 16.2 Å². The molecule has 0 saturated heterocycles. The van der Waals surface area contributed by atoms with Crippen molar-refractivity contribution in [3.8, 4) is 16.8 Å². The van der Waals surface area contributed by atoms with Crippen LogP contribution in [0.4, 0.5) is 17.1 Å². The van der Waals surface area contributed by atoms with Crippen molar-refractivity contribution in [3.05, 3.63) is 155 Å². The van der Waals surface area contributed by atoms with Gasteiger partial charge in [0.05, 0.1) is 28.1 Å². The molecule has 1 aromatic heterocycles. The summed E-state index contributed by atoms with van der Waals surface area (Å²) in [6.45, 7) is 14.6. The van der Waals surface area contributed by atoms with Gasteiger partial charge >= 0.3 is 0 Å². The zero-order chi connectivity index (χ0) is 32.0. The number of para-hydroxylation sites is 4. The Balaban J connectivity index is 1.27. The fourth-order valence-electron chi connectivity index (χ4n) is 9.36. The van der Waals surface area contributed by atoms with E-state index in [2.05, 4.69) is 172 Å². The average Bonchev–Trinajstić information content (AvgIpc) is 3.41. The molecule has 0 spiro atoms. The Hall–Kier alpha value is -5.08. The quantitative estimate of drug-likeness (QED) is 0.190. The third-order valence-electron chi connectivity index (χ3n) is 11.9. The van der Waals surface area contributed by atoms with E-state index in [1.165, 1.54) is 89.1 Å². The van der Waals surface area contributed by atoms with Crippen LogP contribution in [0.1, 0.15) is 74.9 Å². The Morgan fingerprint density at radius 3 is 1.47 bits per heavy atom. The zero-order valence-electron chi connectivity index (χ0n) is 27.9. The first kappa shape index (κ1) is 27.1. The van der Waals surface area contributed by atoms with Gasteiger partial charge in [-0.05, 0) is 87.0 Å². The molecule has 2 heteroatoms. The van der Waals surface area contributed by atoms with Crippen LogP contribution in [0.2, 0.25) is 0 Å². The van der Waals surface area contributed by atoms with Crippen molar-refractivity contribution in [2.75, 3.05) is 4.90 Å². The SMILES string of the molecule is CC1(C)c2cccc3c2N2c4c1cccc4C(C)(C)c1cc(-c4ccc5c(c4)c4ccccc4n5-c4ccccc4)cc(c12)C3(C)C. The third-order valence-corrected chi connectivity index (χ3v) is 11.9. The first-order valence-electron chi connectivity index (χ1n) is 17.0. The van der Waals surface area contributed by atoms with Gasteiger partial charge in [0.1, 0.15) is 0 Å². The number of rotatable bonds is 2. The molecule has 228 valence electrons. The second-order valence-corrected chi connectivity index (χ2v) is 15.5. The van der Waals surface area contributed by atoms with E-state index in [4.69, 9.17) is 0 Å². The van der Waals surface area contributed by atoms with Crippen LogP contribution in [0.25, 0.3) is 38.6 Å². The fourth-order valence-corrected chi connectivity index (χ4v) is 9.36. The topological polar surface area (TPSA) is 8.17 Å². The Morgan fingerprint density at radius 1 is 0.383 bits per heavy atom. The minimum absolute atomic E-state index is 0.0807. The van der Waals surface area contributed by atoms with Crippen LogP contribution < -0.4 is 4.90 Å². The third kappa shape index (κ3) is 3.21. The molecule has 0 atom stereocenters. The Labute approximate surface area is 276 Å². The first-order valence-corrected chi connectivity index (χ1v) is 17.0. The maximum absolute atomic E-state index is 2.65. The highest BCUT2D eigenvalue weighted by atomic mass is 15.2. The molecule has 0 bridgehead atoms. The lowest BCUT2D eigenvalue weighted by molar-refractivity contribution is 0.567. The monoisotopic (exact) mass is 606 g/mol. The van der Waals surface area contributed by atoms with Crippen molar-refractivity contribution in [1.82, 2.24) is 4.57 Å². The lowest BCUT2D eigenvalue weighted by atomic mass is 9.60. The second kappa shape index (κ2) is 8.63. The summed E-state index contributed by atoms with van der Waals surface area (Å²) in [7, 11) is 0. The molecule has 0 radical (unpaired) electrons. The molecule has 0 unspecified atom stereocenters. The highest BCUT2D eigenvalue weighted by molar-refractivity contribution is 6.10. The number of hydrogen-bond donors (Lipinski definition) is 0. The standard InChI is InChI=1S/C45H38N2/c1-43(2)32-17-12-19-34-40(32)47-41-33(43)18-13-20-35(41)45(5,6)37-26-28(25-36(42(37)47)44(34,3)4)27-22-23-39-31(24-27)30-16-10-11-21-38(30)46(39)29-14-8-7-9-15-29/h7-26H,1-6H3. The summed E-state index contributed by atoms with van der Waals surface area (Å²) in [5.74, 6) is 0. The highest BCUT2D eigenvalue weighted by Crippen LogP contribution is 2.66. The molecular formula is C45H38N2. The van der Waals surface area contributed by atoms with E-state index >= 15 is 0 Å². The predicted molar refractivity (Wildman–Crippen MR) is 197 cm³/mol. The maximum Gasteiger partial charge on any atom is 0.0544 e.